The fourth-order valence-electron chi connectivity index (χ4n) is 1.63. The standard InChI is InChI=1S/C13H22N2O4S2/c1-10(2)13(3,9-14)15-21(18,19)12-7-5-11(6-8-12)20(4,16)17/h5-8,10,15H,9,14H2,1-4H3. The van der Waals surface area contributed by atoms with Gasteiger partial charge in [-0.25, -0.2) is 21.6 Å². The molecule has 3 N–H and O–H groups in total. The third kappa shape index (κ3) is 4.26. The SMILES string of the molecule is CC(C)C(C)(CN)NS(=O)(=O)c1ccc(S(C)(=O)=O)cc1. The van der Waals surface area contributed by atoms with Gasteiger partial charge in [-0.05, 0) is 37.1 Å². The van der Waals surface area contributed by atoms with Gasteiger partial charge in [-0.2, -0.15) is 0 Å². The number of rotatable bonds is 6. The summed E-state index contributed by atoms with van der Waals surface area (Å²) in [6.07, 6.45) is 1.07. The van der Waals surface area contributed by atoms with Gasteiger partial charge in [0.25, 0.3) is 0 Å². The Kier molecular flexibility index (Phi) is 5.20. The Morgan fingerprint density at radius 1 is 1.10 bits per heavy atom. The highest BCUT2D eigenvalue weighted by molar-refractivity contribution is 7.90. The Labute approximate surface area is 126 Å². The van der Waals surface area contributed by atoms with Crippen molar-refractivity contribution in [3.8, 4) is 0 Å². The lowest BCUT2D eigenvalue weighted by Crippen LogP contribution is -2.54. The Morgan fingerprint density at radius 3 is 1.86 bits per heavy atom. The molecule has 0 saturated heterocycles. The van der Waals surface area contributed by atoms with Gasteiger partial charge >= 0.3 is 0 Å². The first kappa shape index (κ1) is 18.1. The Morgan fingerprint density at radius 2 is 1.52 bits per heavy atom. The quantitative estimate of drug-likeness (QED) is 0.798. The van der Waals surface area contributed by atoms with E-state index in [1.54, 1.807) is 6.92 Å². The molecule has 1 aromatic carbocycles. The van der Waals surface area contributed by atoms with Crippen LogP contribution in [-0.2, 0) is 19.9 Å². The van der Waals surface area contributed by atoms with Crippen molar-refractivity contribution < 1.29 is 16.8 Å². The topological polar surface area (TPSA) is 106 Å². The first-order valence-electron chi connectivity index (χ1n) is 6.46. The van der Waals surface area contributed by atoms with Gasteiger partial charge in [-0.1, -0.05) is 13.8 Å². The fourth-order valence-corrected chi connectivity index (χ4v) is 3.80. The van der Waals surface area contributed by atoms with Gasteiger partial charge in [-0.3, -0.25) is 0 Å². The van der Waals surface area contributed by atoms with Crippen LogP contribution in [0.25, 0.3) is 0 Å². The molecular formula is C13H22N2O4S2. The van der Waals surface area contributed by atoms with E-state index in [2.05, 4.69) is 4.72 Å². The van der Waals surface area contributed by atoms with Crippen LogP contribution in [0.2, 0.25) is 0 Å². The molecule has 0 heterocycles. The monoisotopic (exact) mass is 334 g/mol. The number of nitrogens with one attached hydrogen (secondary N) is 1. The predicted octanol–water partition coefficient (Wildman–Crippen LogP) is 0.742. The van der Waals surface area contributed by atoms with Gasteiger partial charge < -0.3 is 5.73 Å². The van der Waals surface area contributed by atoms with Gasteiger partial charge in [0.05, 0.1) is 9.79 Å². The molecule has 0 spiro atoms. The average Bonchev–Trinajstić information content (AvgIpc) is 2.37. The highest BCUT2D eigenvalue weighted by Gasteiger charge is 2.32. The summed E-state index contributed by atoms with van der Waals surface area (Å²) < 4.78 is 50.1. The minimum Gasteiger partial charge on any atom is -0.329 e. The molecule has 1 unspecified atom stereocenters. The number of hydrogen-bond donors (Lipinski definition) is 2. The molecule has 0 bridgehead atoms. The van der Waals surface area contributed by atoms with Crippen LogP contribution in [-0.4, -0.2) is 35.2 Å². The predicted molar refractivity (Wildman–Crippen MR) is 82.2 cm³/mol. The second kappa shape index (κ2) is 6.04. The molecule has 6 nitrogen and oxygen atoms in total. The van der Waals surface area contributed by atoms with Crippen LogP contribution in [0.3, 0.4) is 0 Å². The van der Waals surface area contributed by atoms with Crippen LogP contribution in [0.5, 0.6) is 0 Å². The third-order valence-corrected chi connectivity index (χ3v) is 6.38. The van der Waals surface area contributed by atoms with E-state index >= 15 is 0 Å². The molecule has 1 aromatic rings. The smallest absolute Gasteiger partial charge is 0.241 e. The molecule has 0 aliphatic rings. The van der Waals surface area contributed by atoms with E-state index in [9.17, 15) is 16.8 Å². The maximum Gasteiger partial charge on any atom is 0.241 e. The Balaban J connectivity index is 3.15. The Bertz CT molecular complexity index is 694. The molecule has 21 heavy (non-hydrogen) atoms. The summed E-state index contributed by atoms with van der Waals surface area (Å²) in [5.41, 5.74) is 4.90. The van der Waals surface area contributed by atoms with Gasteiger partial charge in [0, 0.05) is 18.3 Å². The second-order valence-electron chi connectivity index (χ2n) is 5.63. The van der Waals surface area contributed by atoms with Crippen LogP contribution in [0.1, 0.15) is 20.8 Å². The van der Waals surface area contributed by atoms with E-state index in [1.807, 2.05) is 13.8 Å². The van der Waals surface area contributed by atoms with Gasteiger partial charge in [0.2, 0.25) is 10.0 Å². The summed E-state index contributed by atoms with van der Waals surface area (Å²) in [5.74, 6) is 0.00701. The molecule has 120 valence electrons. The maximum atomic E-state index is 12.4. The zero-order valence-corrected chi connectivity index (χ0v) is 14.3. The largest absolute Gasteiger partial charge is 0.329 e. The van der Waals surface area contributed by atoms with E-state index in [4.69, 9.17) is 5.73 Å². The summed E-state index contributed by atoms with van der Waals surface area (Å²) >= 11 is 0. The molecule has 0 fully saturated rings. The molecule has 0 saturated carbocycles. The molecule has 0 aliphatic heterocycles. The maximum absolute atomic E-state index is 12.4. The highest BCUT2D eigenvalue weighted by Crippen LogP contribution is 2.20. The van der Waals surface area contributed by atoms with Crippen molar-refractivity contribution in [1.82, 2.24) is 4.72 Å². The van der Waals surface area contributed by atoms with Crippen molar-refractivity contribution >= 4 is 19.9 Å². The van der Waals surface area contributed by atoms with Crippen LogP contribution in [0, 0.1) is 5.92 Å². The van der Waals surface area contributed by atoms with E-state index in [0.29, 0.717) is 0 Å². The third-order valence-electron chi connectivity index (χ3n) is 3.63. The van der Waals surface area contributed by atoms with Crippen molar-refractivity contribution in [2.45, 2.75) is 36.1 Å². The van der Waals surface area contributed by atoms with Crippen molar-refractivity contribution in [3.63, 3.8) is 0 Å². The second-order valence-corrected chi connectivity index (χ2v) is 9.32. The van der Waals surface area contributed by atoms with Crippen LogP contribution >= 0.6 is 0 Å². The minimum atomic E-state index is -3.76. The lowest BCUT2D eigenvalue weighted by atomic mass is 9.90. The molecule has 0 radical (unpaired) electrons. The Hall–Kier alpha value is -0.960. The number of benzene rings is 1. The first-order chi connectivity index (χ1) is 9.42. The van der Waals surface area contributed by atoms with E-state index in [1.165, 1.54) is 24.3 Å². The fraction of sp³-hybridized carbons (Fsp3) is 0.538. The van der Waals surface area contributed by atoms with Gasteiger partial charge in [-0.15, -0.1) is 0 Å². The molecule has 0 amide bonds. The van der Waals surface area contributed by atoms with E-state index in [0.717, 1.165) is 6.26 Å². The zero-order valence-electron chi connectivity index (χ0n) is 12.6. The summed E-state index contributed by atoms with van der Waals surface area (Å²) in [4.78, 5) is 0.0853. The highest BCUT2D eigenvalue weighted by atomic mass is 32.2. The van der Waals surface area contributed by atoms with E-state index < -0.39 is 25.4 Å². The molecule has 1 atom stereocenters. The van der Waals surface area contributed by atoms with E-state index in [-0.39, 0.29) is 22.3 Å². The van der Waals surface area contributed by atoms with Crippen LogP contribution in [0.15, 0.2) is 34.1 Å². The number of sulfone groups is 1. The average molecular weight is 334 g/mol. The van der Waals surface area contributed by atoms with Crippen molar-refractivity contribution in [1.29, 1.82) is 0 Å². The molecular weight excluding hydrogens is 312 g/mol. The number of hydrogen-bond acceptors (Lipinski definition) is 5. The molecule has 0 aromatic heterocycles. The van der Waals surface area contributed by atoms with Crippen molar-refractivity contribution in [3.05, 3.63) is 24.3 Å². The first-order valence-corrected chi connectivity index (χ1v) is 9.84. The van der Waals surface area contributed by atoms with Crippen LogP contribution < -0.4 is 10.5 Å². The van der Waals surface area contributed by atoms with Gasteiger partial charge in [0.1, 0.15) is 0 Å². The normalized spacial score (nSPS) is 15.9. The number of sulfonamides is 1. The summed E-state index contributed by atoms with van der Waals surface area (Å²) in [6, 6.07) is 5.10. The summed E-state index contributed by atoms with van der Waals surface area (Å²) in [6.45, 7) is 5.65. The lowest BCUT2D eigenvalue weighted by Gasteiger charge is -2.33. The van der Waals surface area contributed by atoms with Crippen molar-refractivity contribution in [2.75, 3.05) is 12.8 Å². The van der Waals surface area contributed by atoms with Crippen LogP contribution in [0.4, 0.5) is 0 Å². The number of nitrogens with two attached hydrogens (primary N) is 1. The zero-order chi connectivity index (χ0) is 16.5. The summed E-state index contributed by atoms with van der Waals surface area (Å²) in [5, 5.41) is 0. The molecule has 8 heteroatoms. The lowest BCUT2D eigenvalue weighted by molar-refractivity contribution is 0.315. The minimum absolute atomic E-state index is 0.00701. The summed E-state index contributed by atoms with van der Waals surface area (Å²) in [7, 11) is -7.12. The molecule has 1 rings (SSSR count). The van der Waals surface area contributed by atoms with Gasteiger partial charge in [0.15, 0.2) is 9.84 Å². The van der Waals surface area contributed by atoms with Crippen molar-refractivity contribution in [2.24, 2.45) is 11.7 Å². The molecule has 0 aliphatic carbocycles.